The molecule has 1 saturated heterocycles. The number of piperidine rings is 1. The number of nitrogens with zero attached hydrogens (tertiary/aromatic N) is 3. The van der Waals surface area contributed by atoms with Gasteiger partial charge in [-0.1, -0.05) is 63.9 Å². The number of carbonyl (C=O) groups excluding carboxylic acids is 2. The highest BCUT2D eigenvalue weighted by atomic mass is 35.5. The van der Waals surface area contributed by atoms with E-state index in [1.165, 1.54) is 6.42 Å². The topological polar surface area (TPSA) is 79.3 Å². The first-order valence-corrected chi connectivity index (χ1v) is 14.9. The fourth-order valence-electron chi connectivity index (χ4n) is 5.16. The number of imidazole rings is 1. The smallest absolute Gasteiger partial charge is 0.253 e. The molecule has 2 N–H and O–H groups in total. The fraction of sp³-hybridized carbons (Fsp3) is 0.516. The number of aromatic nitrogens is 2. The minimum absolute atomic E-state index is 0.0481. The number of halogens is 2. The number of anilines is 1. The summed E-state index contributed by atoms with van der Waals surface area (Å²) in [6, 6.07) is 7.68. The van der Waals surface area contributed by atoms with Crippen LogP contribution in [0.15, 0.2) is 24.3 Å². The zero-order chi connectivity index (χ0) is 29.2. The Morgan fingerprint density at radius 1 is 1.15 bits per heavy atom. The first kappa shape index (κ1) is 30.2. The van der Waals surface area contributed by atoms with E-state index in [0.29, 0.717) is 41.0 Å². The van der Waals surface area contributed by atoms with Gasteiger partial charge in [-0.2, -0.15) is 0 Å². The predicted octanol–water partition coefficient (Wildman–Crippen LogP) is 6.51. The molecule has 0 saturated carbocycles. The Labute approximate surface area is 247 Å². The molecule has 0 bridgehead atoms. The minimum atomic E-state index is -0.494. The summed E-state index contributed by atoms with van der Waals surface area (Å²) in [5.74, 6) is 1.25. The SMILES string of the molecule is CCCNC(=O)c1cc2nc(Cc3c(Cl)ccc(CNC(=O)C(C)(C)C)c3Cl)n(C)c2cc1N1CCC[C@H](C)C1. The van der Waals surface area contributed by atoms with Gasteiger partial charge < -0.3 is 20.1 Å². The second-order valence-corrected chi connectivity index (χ2v) is 12.8. The van der Waals surface area contributed by atoms with Crippen LogP contribution in [0.4, 0.5) is 5.69 Å². The van der Waals surface area contributed by atoms with E-state index >= 15 is 0 Å². The van der Waals surface area contributed by atoms with Gasteiger partial charge >= 0.3 is 0 Å². The Kier molecular flexibility index (Phi) is 9.36. The van der Waals surface area contributed by atoms with E-state index in [2.05, 4.69) is 33.1 Å². The van der Waals surface area contributed by atoms with Gasteiger partial charge in [0.05, 0.1) is 27.3 Å². The average Bonchev–Trinajstić information content (AvgIpc) is 3.21. The molecular weight excluding hydrogens is 545 g/mol. The first-order chi connectivity index (χ1) is 18.9. The lowest BCUT2D eigenvalue weighted by molar-refractivity contribution is -0.128. The third-order valence-corrected chi connectivity index (χ3v) is 8.42. The van der Waals surface area contributed by atoms with Crippen molar-refractivity contribution in [2.75, 3.05) is 24.5 Å². The quantitative estimate of drug-likeness (QED) is 0.316. The van der Waals surface area contributed by atoms with Gasteiger partial charge in [0.2, 0.25) is 5.91 Å². The van der Waals surface area contributed by atoms with Gasteiger partial charge in [0.15, 0.2) is 0 Å². The van der Waals surface area contributed by atoms with Crippen LogP contribution in [0.2, 0.25) is 10.0 Å². The van der Waals surface area contributed by atoms with E-state index in [1.807, 2.05) is 52.9 Å². The van der Waals surface area contributed by atoms with Crippen molar-refractivity contribution < 1.29 is 9.59 Å². The Bertz CT molecular complexity index is 1410. The molecule has 1 aromatic heterocycles. The van der Waals surface area contributed by atoms with Crippen molar-refractivity contribution in [2.24, 2.45) is 18.4 Å². The average molecular weight is 587 g/mol. The van der Waals surface area contributed by atoms with Crippen LogP contribution in [0, 0.1) is 11.3 Å². The molecule has 0 unspecified atom stereocenters. The summed E-state index contributed by atoms with van der Waals surface area (Å²) >= 11 is 13.5. The molecule has 2 heterocycles. The molecule has 40 heavy (non-hydrogen) atoms. The maximum absolute atomic E-state index is 13.2. The number of benzene rings is 2. The van der Waals surface area contributed by atoms with E-state index in [-0.39, 0.29) is 11.8 Å². The summed E-state index contributed by atoms with van der Waals surface area (Å²) in [7, 11) is 1.99. The Morgan fingerprint density at radius 3 is 2.58 bits per heavy atom. The van der Waals surface area contributed by atoms with E-state index in [4.69, 9.17) is 28.2 Å². The number of hydrogen-bond acceptors (Lipinski definition) is 4. The van der Waals surface area contributed by atoms with E-state index in [0.717, 1.165) is 59.6 Å². The van der Waals surface area contributed by atoms with Crippen LogP contribution < -0.4 is 15.5 Å². The highest BCUT2D eigenvalue weighted by Crippen LogP contribution is 2.34. The third-order valence-electron chi connectivity index (χ3n) is 7.59. The van der Waals surface area contributed by atoms with Gasteiger partial charge in [-0.25, -0.2) is 4.98 Å². The van der Waals surface area contributed by atoms with Crippen LogP contribution in [-0.4, -0.2) is 41.0 Å². The molecule has 216 valence electrons. The van der Waals surface area contributed by atoms with Crippen LogP contribution in [0.1, 0.15) is 81.2 Å². The van der Waals surface area contributed by atoms with Crippen molar-refractivity contribution >= 4 is 51.7 Å². The summed E-state index contributed by atoms with van der Waals surface area (Å²) < 4.78 is 2.06. The maximum atomic E-state index is 13.2. The maximum Gasteiger partial charge on any atom is 0.253 e. The van der Waals surface area contributed by atoms with Gasteiger partial charge in [0.25, 0.3) is 5.91 Å². The van der Waals surface area contributed by atoms with Crippen LogP contribution in [-0.2, 0) is 24.8 Å². The number of rotatable bonds is 8. The summed E-state index contributed by atoms with van der Waals surface area (Å²) in [5, 5.41) is 7.09. The zero-order valence-electron chi connectivity index (χ0n) is 24.5. The van der Waals surface area contributed by atoms with Crippen molar-refractivity contribution in [2.45, 2.75) is 66.8 Å². The molecule has 1 atom stereocenters. The van der Waals surface area contributed by atoms with Crippen molar-refractivity contribution in [3.63, 3.8) is 0 Å². The molecule has 1 aliphatic rings. The summed E-state index contributed by atoms with van der Waals surface area (Å²) in [6.45, 7) is 12.7. The lowest BCUT2D eigenvalue weighted by Gasteiger charge is -2.34. The number of nitrogens with one attached hydrogen (secondary N) is 2. The lowest BCUT2D eigenvalue weighted by Crippen LogP contribution is -2.36. The number of aryl methyl sites for hydroxylation is 1. The molecule has 0 spiro atoms. The Hall–Kier alpha value is -2.77. The second kappa shape index (κ2) is 12.4. The van der Waals surface area contributed by atoms with Crippen LogP contribution >= 0.6 is 23.2 Å². The van der Waals surface area contributed by atoms with Crippen molar-refractivity contribution in [1.82, 2.24) is 20.2 Å². The van der Waals surface area contributed by atoms with Gasteiger partial charge in [-0.15, -0.1) is 0 Å². The van der Waals surface area contributed by atoms with Gasteiger partial charge in [0, 0.05) is 50.1 Å². The summed E-state index contributed by atoms with van der Waals surface area (Å²) in [5.41, 5.74) is 4.39. The number of amides is 2. The third kappa shape index (κ3) is 6.58. The zero-order valence-corrected chi connectivity index (χ0v) is 26.0. The Balaban J connectivity index is 1.70. The molecule has 3 aromatic rings. The first-order valence-electron chi connectivity index (χ1n) is 14.2. The molecule has 1 fully saturated rings. The van der Waals surface area contributed by atoms with Crippen molar-refractivity contribution in [3.05, 3.63) is 56.8 Å². The molecule has 4 rings (SSSR count). The van der Waals surface area contributed by atoms with Crippen molar-refractivity contribution in [1.29, 1.82) is 0 Å². The monoisotopic (exact) mass is 585 g/mol. The largest absolute Gasteiger partial charge is 0.371 e. The molecule has 2 aromatic carbocycles. The van der Waals surface area contributed by atoms with Gasteiger partial charge in [0.1, 0.15) is 5.82 Å². The van der Waals surface area contributed by atoms with E-state index < -0.39 is 5.41 Å². The Morgan fingerprint density at radius 2 is 1.90 bits per heavy atom. The highest BCUT2D eigenvalue weighted by molar-refractivity contribution is 6.36. The molecule has 0 radical (unpaired) electrons. The number of hydrogen-bond donors (Lipinski definition) is 2. The van der Waals surface area contributed by atoms with Crippen LogP contribution in [0.5, 0.6) is 0 Å². The van der Waals surface area contributed by atoms with Crippen molar-refractivity contribution in [3.8, 4) is 0 Å². The molecule has 9 heteroatoms. The van der Waals surface area contributed by atoms with E-state index in [1.54, 1.807) is 0 Å². The van der Waals surface area contributed by atoms with Crippen LogP contribution in [0.25, 0.3) is 11.0 Å². The lowest BCUT2D eigenvalue weighted by atomic mass is 9.95. The van der Waals surface area contributed by atoms with Gasteiger partial charge in [-0.3, -0.25) is 9.59 Å². The molecular formula is C31H41Cl2N5O2. The second-order valence-electron chi connectivity index (χ2n) is 12.0. The number of fused-ring (bicyclic) bond motifs is 1. The minimum Gasteiger partial charge on any atom is -0.371 e. The predicted molar refractivity (Wildman–Crippen MR) is 165 cm³/mol. The highest BCUT2D eigenvalue weighted by Gasteiger charge is 2.25. The molecule has 1 aliphatic heterocycles. The van der Waals surface area contributed by atoms with Crippen LogP contribution in [0.3, 0.4) is 0 Å². The number of carbonyl (C=O) groups is 2. The van der Waals surface area contributed by atoms with Gasteiger partial charge in [-0.05, 0) is 54.5 Å². The standard InChI is InChI=1S/C31H41Cl2N5O2/c1-7-12-34-29(39)22-14-24-26(16-25(22)38-13-8-9-19(2)18-38)37(6)27(36-24)15-21-23(32)11-10-20(28(21)33)17-35-30(40)31(3,4)5/h10-11,14,16,19H,7-9,12-13,15,17-18H2,1-6H3,(H,34,39)(H,35,40)/t19-/m0/s1. The summed E-state index contributed by atoms with van der Waals surface area (Å²) in [4.78, 5) is 32.9. The summed E-state index contributed by atoms with van der Waals surface area (Å²) in [6.07, 6.45) is 3.59. The molecule has 2 amide bonds. The van der Waals surface area contributed by atoms with E-state index in [9.17, 15) is 9.59 Å². The molecule has 7 nitrogen and oxygen atoms in total. The normalized spacial score (nSPS) is 15.9. The molecule has 0 aliphatic carbocycles. The fourth-order valence-corrected chi connectivity index (χ4v) is 5.74.